The number of primary amides is 1. The molecule has 1 fully saturated rings. The summed E-state index contributed by atoms with van der Waals surface area (Å²) in [5.74, 6) is 1.22. The van der Waals surface area contributed by atoms with E-state index in [2.05, 4.69) is 6.92 Å². The van der Waals surface area contributed by atoms with Gasteiger partial charge in [0.15, 0.2) is 0 Å². The fourth-order valence-corrected chi connectivity index (χ4v) is 0.942. The van der Waals surface area contributed by atoms with E-state index in [0.29, 0.717) is 12.3 Å². The van der Waals surface area contributed by atoms with Crippen LogP contribution in [0, 0.1) is 11.8 Å². The van der Waals surface area contributed by atoms with Gasteiger partial charge in [0, 0.05) is 6.42 Å². The van der Waals surface area contributed by atoms with Crippen LogP contribution < -0.4 is 5.73 Å². The van der Waals surface area contributed by atoms with Gasteiger partial charge in [-0.25, -0.2) is 0 Å². The molecule has 0 aromatic heterocycles. The minimum atomic E-state index is -0.153. The van der Waals surface area contributed by atoms with Gasteiger partial charge in [-0.2, -0.15) is 0 Å². The second kappa shape index (κ2) is 1.77. The standard InChI is InChI=1S/C6H11NO/c1-4-2-5(4)3-6(7)8/h4-5H,2-3H2,1H3,(H2,7,8)/t4-,5-/m1/s1. The maximum absolute atomic E-state index is 10.2. The van der Waals surface area contributed by atoms with Crippen molar-refractivity contribution in [1.29, 1.82) is 0 Å². The number of rotatable bonds is 2. The third-order valence-corrected chi connectivity index (χ3v) is 1.74. The summed E-state index contributed by atoms with van der Waals surface area (Å²) in [6.07, 6.45) is 1.80. The molecule has 0 unspecified atom stereocenters. The van der Waals surface area contributed by atoms with Gasteiger partial charge in [0.05, 0.1) is 0 Å². The largest absolute Gasteiger partial charge is 0.370 e. The molecule has 0 aliphatic heterocycles. The van der Waals surface area contributed by atoms with Gasteiger partial charge in [-0.1, -0.05) is 6.92 Å². The minimum Gasteiger partial charge on any atom is -0.370 e. The molecule has 2 heteroatoms. The molecule has 1 aliphatic rings. The van der Waals surface area contributed by atoms with Gasteiger partial charge in [-0.3, -0.25) is 4.79 Å². The van der Waals surface area contributed by atoms with Gasteiger partial charge in [0.2, 0.25) is 5.91 Å². The Morgan fingerprint density at radius 3 is 2.50 bits per heavy atom. The average molecular weight is 113 g/mol. The highest BCUT2D eigenvalue weighted by molar-refractivity contribution is 5.74. The second-order valence-corrected chi connectivity index (χ2v) is 2.64. The maximum atomic E-state index is 10.2. The Morgan fingerprint density at radius 1 is 1.88 bits per heavy atom. The lowest BCUT2D eigenvalue weighted by atomic mass is 10.2. The Bertz CT molecular complexity index is 111. The Hall–Kier alpha value is -0.530. The second-order valence-electron chi connectivity index (χ2n) is 2.64. The van der Waals surface area contributed by atoms with Crippen LogP contribution in [0.5, 0.6) is 0 Å². The Balaban J connectivity index is 2.14. The molecular formula is C6H11NO. The monoisotopic (exact) mass is 113 g/mol. The fourth-order valence-electron chi connectivity index (χ4n) is 0.942. The van der Waals surface area contributed by atoms with Crippen LogP contribution in [0.3, 0.4) is 0 Å². The van der Waals surface area contributed by atoms with Gasteiger partial charge in [0.25, 0.3) is 0 Å². The third kappa shape index (κ3) is 1.22. The average Bonchev–Trinajstić information content (AvgIpc) is 2.17. The number of hydrogen-bond acceptors (Lipinski definition) is 1. The summed E-state index contributed by atoms with van der Waals surface area (Å²) in [6.45, 7) is 2.15. The molecule has 2 atom stereocenters. The Morgan fingerprint density at radius 2 is 2.38 bits per heavy atom. The zero-order chi connectivity index (χ0) is 6.15. The topological polar surface area (TPSA) is 43.1 Å². The lowest BCUT2D eigenvalue weighted by Crippen LogP contribution is -2.10. The van der Waals surface area contributed by atoms with Gasteiger partial charge in [-0.15, -0.1) is 0 Å². The van der Waals surface area contributed by atoms with Crippen LogP contribution in [-0.2, 0) is 4.79 Å². The highest BCUT2D eigenvalue weighted by atomic mass is 16.1. The van der Waals surface area contributed by atoms with E-state index in [0.717, 1.165) is 5.92 Å². The van der Waals surface area contributed by atoms with Crippen LogP contribution in [-0.4, -0.2) is 5.91 Å². The van der Waals surface area contributed by atoms with Crippen molar-refractivity contribution in [3.8, 4) is 0 Å². The number of amides is 1. The zero-order valence-corrected chi connectivity index (χ0v) is 5.05. The molecule has 0 aromatic rings. The molecule has 46 valence electrons. The molecule has 1 saturated carbocycles. The molecule has 0 heterocycles. The van der Waals surface area contributed by atoms with Crippen LogP contribution in [0.2, 0.25) is 0 Å². The Labute approximate surface area is 49.1 Å². The van der Waals surface area contributed by atoms with Crippen molar-refractivity contribution in [2.24, 2.45) is 17.6 Å². The van der Waals surface area contributed by atoms with Crippen molar-refractivity contribution < 1.29 is 4.79 Å². The molecule has 1 aliphatic carbocycles. The molecule has 1 amide bonds. The van der Waals surface area contributed by atoms with E-state index in [-0.39, 0.29) is 5.91 Å². The predicted molar refractivity (Wildman–Crippen MR) is 31.1 cm³/mol. The number of hydrogen-bond donors (Lipinski definition) is 1. The van der Waals surface area contributed by atoms with Crippen molar-refractivity contribution in [1.82, 2.24) is 0 Å². The Kier molecular flexibility index (Phi) is 1.24. The van der Waals surface area contributed by atoms with Gasteiger partial charge >= 0.3 is 0 Å². The van der Waals surface area contributed by atoms with E-state index in [9.17, 15) is 4.79 Å². The van der Waals surface area contributed by atoms with E-state index >= 15 is 0 Å². The summed E-state index contributed by atoms with van der Waals surface area (Å²) < 4.78 is 0. The van der Waals surface area contributed by atoms with Crippen molar-refractivity contribution in [3.05, 3.63) is 0 Å². The fraction of sp³-hybridized carbons (Fsp3) is 0.833. The summed E-state index contributed by atoms with van der Waals surface area (Å²) in [6, 6.07) is 0. The molecule has 0 radical (unpaired) electrons. The SMILES string of the molecule is C[C@@H]1C[C@@H]1CC(N)=O. The van der Waals surface area contributed by atoms with E-state index in [1.54, 1.807) is 0 Å². The summed E-state index contributed by atoms with van der Waals surface area (Å²) in [5, 5.41) is 0. The summed E-state index contributed by atoms with van der Waals surface area (Å²) in [7, 11) is 0. The smallest absolute Gasteiger partial charge is 0.217 e. The highest BCUT2D eigenvalue weighted by Gasteiger charge is 2.33. The predicted octanol–water partition coefficient (Wildman–Crippen LogP) is 0.518. The lowest BCUT2D eigenvalue weighted by molar-refractivity contribution is -0.118. The van der Waals surface area contributed by atoms with Gasteiger partial charge in [0.1, 0.15) is 0 Å². The molecular weight excluding hydrogens is 102 g/mol. The maximum Gasteiger partial charge on any atom is 0.217 e. The van der Waals surface area contributed by atoms with Crippen molar-refractivity contribution in [2.75, 3.05) is 0 Å². The molecule has 8 heavy (non-hydrogen) atoms. The first-order valence-electron chi connectivity index (χ1n) is 2.98. The van der Waals surface area contributed by atoms with E-state index in [4.69, 9.17) is 5.73 Å². The van der Waals surface area contributed by atoms with Crippen LogP contribution in [0.25, 0.3) is 0 Å². The molecule has 2 nitrogen and oxygen atoms in total. The van der Waals surface area contributed by atoms with Crippen LogP contribution in [0.15, 0.2) is 0 Å². The van der Waals surface area contributed by atoms with Gasteiger partial charge in [-0.05, 0) is 18.3 Å². The third-order valence-electron chi connectivity index (χ3n) is 1.74. The molecule has 0 spiro atoms. The first-order chi connectivity index (χ1) is 3.70. The number of carbonyl (C=O) groups excluding carboxylic acids is 1. The van der Waals surface area contributed by atoms with Crippen LogP contribution >= 0.6 is 0 Å². The van der Waals surface area contributed by atoms with Crippen molar-refractivity contribution in [2.45, 2.75) is 19.8 Å². The number of nitrogens with two attached hydrogens (primary N) is 1. The summed E-state index contributed by atoms with van der Waals surface area (Å²) in [4.78, 5) is 10.2. The molecule has 1 rings (SSSR count). The highest BCUT2D eigenvalue weighted by Crippen LogP contribution is 2.39. The number of carbonyl (C=O) groups is 1. The quantitative estimate of drug-likeness (QED) is 0.557. The van der Waals surface area contributed by atoms with E-state index in [1.165, 1.54) is 6.42 Å². The normalized spacial score (nSPS) is 34.6. The molecule has 0 bridgehead atoms. The first kappa shape index (κ1) is 5.60. The lowest BCUT2D eigenvalue weighted by Gasteiger charge is -1.87. The van der Waals surface area contributed by atoms with E-state index in [1.807, 2.05) is 0 Å². The van der Waals surface area contributed by atoms with Crippen LogP contribution in [0.4, 0.5) is 0 Å². The zero-order valence-electron chi connectivity index (χ0n) is 5.05. The first-order valence-corrected chi connectivity index (χ1v) is 2.98. The minimum absolute atomic E-state index is 0.153. The summed E-state index contributed by atoms with van der Waals surface area (Å²) in [5.41, 5.74) is 4.96. The van der Waals surface area contributed by atoms with Crippen molar-refractivity contribution in [3.63, 3.8) is 0 Å². The van der Waals surface area contributed by atoms with Crippen LogP contribution in [0.1, 0.15) is 19.8 Å². The van der Waals surface area contributed by atoms with Gasteiger partial charge < -0.3 is 5.73 Å². The summed E-state index contributed by atoms with van der Waals surface area (Å²) >= 11 is 0. The molecule has 0 aromatic carbocycles. The van der Waals surface area contributed by atoms with E-state index < -0.39 is 0 Å². The molecule has 0 saturated heterocycles. The molecule has 2 N–H and O–H groups in total. The van der Waals surface area contributed by atoms with Crippen molar-refractivity contribution >= 4 is 5.91 Å².